The number of carbonyl (C=O) groups is 1. The van der Waals surface area contributed by atoms with E-state index in [1.165, 1.54) is 18.7 Å². The molecule has 0 aliphatic rings. The molecule has 0 atom stereocenters. The number of rotatable bonds is 6. The molecule has 0 unspecified atom stereocenters. The number of thioether (sulfide) groups is 1. The van der Waals surface area contributed by atoms with Gasteiger partial charge in [-0.2, -0.15) is 0 Å². The zero-order valence-electron chi connectivity index (χ0n) is 15.9. The standard InChI is InChI=1S/C19H19N5O4S/c1-4-9-24-16(26)11-7-5-6-8-12(11)21-18(24)29-10-13(25)14-15(20)22(2)19(28)23(3)17(14)27/h4-8H,1,9-10,20H2,2-3H3. The van der Waals surface area contributed by atoms with Crippen molar-refractivity contribution in [1.82, 2.24) is 18.7 Å². The number of allylic oxidation sites excluding steroid dienone is 1. The van der Waals surface area contributed by atoms with Crippen molar-refractivity contribution in [2.75, 3.05) is 11.5 Å². The lowest BCUT2D eigenvalue weighted by Crippen LogP contribution is -2.41. The van der Waals surface area contributed by atoms with Gasteiger partial charge in [-0.3, -0.25) is 28.1 Å². The maximum atomic E-state index is 12.8. The fourth-order valence-corrected chi connectivity index (χ4v) is 3.75. The molecule has 2 heterocycles. The summed E-state index contributed by atoms with van der Waals surface area (Å²) in [7, 11) is 2.66. The van der Waals surface area contributed by atoms with Gasteiger partial charge in [-0.15, -0.1) is 6.58 Å². The second-order valence-corrected chi connectivity index (χ2v) is 7.24. The molecule has 0 aliphatic carbocycles. The zero-order chi connectivity index (χ0) is 21.3. The number of aromatic nitrogens is 4. The topological polar surface area (TPSA) is 122 Å². The molecule has 9 nitrogen and oxygen atoms in total. The lowest BCUT2D eigenvalue weighted by Gasteiger charge is -2.12. The summed E-state index contributed by atoms with van der Waals surface area (Å²) in [5, 5.41) is 0.781. The molecule has 0 fully saturated rings. The maximum absolute atomic E-state index is 12.8. The average Bonchev–Trinajstić information content (AvgIpc) is 2.72. The molecular formula is C19H19N5O4S. The summed E-state index contributed by atoms with van der Waals surface area (Å²) in [6.07, 6.45) is 1.56. The van der Waals surface area contributed by atoms with Crippen LogP contribution in [-0.4, -0.2) is 30.2 Å². The molecule has 0 spiro atoms. The average molecular weight is 413 g/mol. The summed E-state index contributed by atoms with van der Waals surface area (Å²) in [5.41, 5.74) is 4.45. The molecule has 2 N–H and O–H groups in total. The normalized spacial score (nSPS) is 11.0. The highest BCUT2D eigenvalue weighted by Gasteiger charge is 2.21. The number of fused-ring (bicyclic) bond motifs is 1. The van der Waals surface area contributed by atoms with Crippen LogP contribution < -0.4 is 22.5 Å². The minimum Gasteiger partial charge on any atom is -0.384 e. The van der Waals surface area contributed by atoms with Gasteiger partial charge in [0.15, 0.2) is 10.9 Å². The first-order valence-electron chi connectivity index (χ1n) is 8.59. The van der Waals surface area contributed by atoms with E-state index in [9.17, 15) is 19.2 Å². The highest BCUT2D eigenvalue weighted by molar-refractivity contribution is 7.99. The van der Waals surface area contributed by atoms with Gasteiger partial charge in [0.1, 0.15) is 11.4 Å². The monoisotopic (exact) mass is 413 g/mol. The van der Waals surface area contributed by atoms with Gasteiger partial charge >= 0.3 is 5.69 Å². The van der Waals surface area contributed by atoms with E-state index in [-0.39, 0.29) is 29.2 Å². The van der Waals surface area contributed by atoms with Crippen LogP contribution in [0.2, 0.25) is 0 Å². The Morgan fingerprint density at radius 1 is 1.17 bits per heavy atom. The van der Waals surface area contributed by atoms with Crippen molar-refractivity contribution in [2.45, 2.75) is 11.7 Å². The van der Waals surface area contributed by atoms with Gasteiger partial charge in [0.25, 0.3) is 11.1 Å². The van der Waals surface area contributed by atoms with E-state index >= 15 is 0 Å². The number of nitrogens with zero attached hydrogens (tertiary/aromatic N) is 4. The van der Waals surface area contributed by atoms with Crippen molar-refractivity contribution in [3.8, 4) is 0 Å². The lowest BCUT2D eigenvalue weighted by atomic mass is 10.2. The molecular weight excluding hydrogens is 394 g/mol. The van der Waals surface area contributed by atoms with Crippen LogP contribution in [0.3, 0.4) is 0 Å². The molecule has 0 amide bonds. The maximum Gasteiger partial charge on any atom is 0.332 e. The Hall–Kier alpha value is -3.40. The van der Waals surface area contributed by atoms with E-state index in [1.807, 2.05) is 0 Å². The van der Waals surface area contributed by atoms with Crippen molar-refractivity contribution < 1.29 is 4.79 Å². The van der Waals surface area contributed by atoms with Crippen LogP contribution in [0.15, 0.2) is 56.5 Å². The van der Waals surface area contributed by atoms with E-state index in [1.54, 1.807) is 30.3 Å². The molecule has 0 radical (unpaired) electrons. The second-order valence-electron chi connectivity index (χ2n) is 6.29. The Labute approximate surface area is 169 Å². The fraction of sp³-hybridized carbons (Fsp3) is 0.211. The summed E-state index contributed by atoms with van der Waals surface area (Å²) in [5.74, 6) is -0.936. The molecule has 150 valence electrons. The van der Waals surface area contributed by atoms with Gasteiger partial charge < -0.3 is 5.73 Å². The molecule has 0 saturated heterocycles. The number of nitrogens with two attached hydrogens (primary N) is 1. The molecule has 0 saturated carbocycles. The van der Waals surface area contributed by atoms with Crippen molar-refractivity contribution in [3.63, 3.8) is 0 Å². The Bertz CT molecular complexity index is 1320. The van der Waals surface area contributed by atoms with Crippen molar-refractivity contribution >= 4 is 34.3 Å². The van der Waals surface area contributed by atoms with Crippen molar-refractivity contribution in [1.29, 1.82) is 0 Å². The number of para-hydroxylation sites is 1. The smallest absolute Gasteiger partial charge is 0.332 e. The largest absolute Gasteiger partial charge is 0.384 e. The fourth-order valence-electron chi connectivity index (χ4n) is 2.87. The number of ketones is 1. The number of nitrogen functional groups attached to an aromatic ring is 1. The van der Waals surface area contributed by atoms with Crippen molar-refractivity contribution in [2.24, 2.45) is 14.1 Å². The van der Waals surface area contributed by atoms with Gasteiger partial charge in [0, 0.05) is 20.6 Å². The number of hydrogen-bond acceptors (Lipinski definition) is 7. The van der Waals surface area contributed by atoms with E-state index in [4.69, 9.17) is 5.73 Å². The molecule has 29 heavy (non-hydrogen) atoms. The Balaban J connectivity index is 2.02. The number of hydrogen-bond donors (Lipinski definition) is 1. The lowest BCUT2D eigenvalue weighted by molar-refractivity contribution is 0.102. The Morgan fingerprint density at radius 2 is 1.86 bits per heavy atom. The highest BCUT2D eigenvalue weighted by atomic mass is 32.2. The summed E-state index contributed by atoms with van der Waals surface area (Å²) in [4.78, 5) is 54.2. The highest BCUT2D eigenvalue weighted by Crippen LogP contribution is 2.19. The first-order valence-corrected chi connectivity index (χ1v) is 9.58. The molecule has 2 aromatic heterocycles. The van der Waals surface area contributed by atoms with Crippen LogP contribution in [0.25, 0.3) is 10.9 Å². The predicted octanol–water partition coefficient (Wildman–Crippen LogP) is 0.537. The second kappa shape index (κ2) is 7.92. The predicted molar refractivity (Wildman–Crippen MR) is 113 cm³/mol. The molecule has 0 bridgehead atoms. The minimum atomic E-state index is -0.758. The summed E-state index contributed by atoms with van der Waals surface area (Å²) in [6, 6.07) is 6.90. The third-order valence-electron chi connectivity index (χ3n) is 4.46. The van der Waals surface area contributed by atoms with Crippen molar-refractivity contribution in [3.05, 3.63) is 73.7 Å². The molecule has 3 aromatic rings. The van der Waals surface area contributed by atoms with E-state index in [0.717, 1.165) is 20.9 Å². The molecule has 0 aliphatic heterocycles. The van der Waals surface area contributed by atoms with Crippen LogP contribution >= 0.6 is 11.8 Å². The minimum absolute atomic E-state index is 0.181. The first-order chi connectivity index (χ1) is 13.8. The van der Waals surface area contributed by atoms with Crippen LogP contribution in [0, 0.1) is 0 Å². The SMILES string of the molecule is C=CCn1c(SCC(=O)c2c(N)n(C)c(=O)n(C)c2=O)nc2ccccc2c1=O. The van der Waals surface area contributed by atoms with Gasteiger partial charge in [-0.25, -0.2) is 9.78 Å². The molecule has 1 aromatic carbocycles. The Kier molecular flexibility index (Phi) is 5.55. The number of anilines is 1. The van der Waals surface area contributed by atoms with E-state index in [2.05, 4.69) is 11.6 Å². The quantitative estimate of drug-likeness (QED) is 0.271. The number of benzene rings is 1. The van der Waals surface area contributed by atoms with Gasteiger partial charge in [0.2, 0.25) is 0 Å². The first kappa shape index (κ1) is 20.3. The van der Waals surface area contributed by atoms with Crippen LogP contribution in [0.1, 0.15) is 10.4 Å². The third kappa shape index (κ3) is 3.54. The van der Waals surface area contributed by atoms with Gasteiger partial charge in [0.05, 0.1) is 16.7 Å². The van der Waals surface area contributed by atoms with Crippen LogP contribution in [0.5, 0.6) is 0 Å². The Morgan fingerprint density at radius 3 is 2.55 bits per heavy atom. The third-order valence-corrected chi connectivity index (χ3v) is 5.44. The van der Waals surface area contributed by atoms with Gasteiger partial charge in [-0.05, 0) is 12.1 Å². The van der Waals surface area contributed by atoms with E-state index in [0.29, 0.717) is 16.1 Å². The number of Topliss-reactive ketones (excluding diaryl/α,β-unsaturated/α-hetero) is 1. The van der Waals surface area contributed by atoms with E-state index < -0.39 is 17.0 Å². The summed E-state index contributed by atoms with van der Waals surface area (Å²) in [6.45, 7) is 3.87. The summed E-state index contributed by atoms with van der Waals surface area (Å²) >= 11 is 1.02. The van der Waals surface area contributed by atoms with Crippen LogP contribution in [-0.2, 0) is 20.6 Å². The molecule has 3 rings (SSSR count). The van der Waals surface area contributed by atoms with Gasteiger partial charge in [-0.1, -0.05) is 30.0 Å². The number of carbonyl (C=O) groups excluding carboxylic acids is 1. The summed E-state index contributed by atoms with van der Waals surface area (Å²) < 4.78 is 3.28. The molecule has 10 heteroatoms. The zero-order valence-corrected chi connectivity index (χ0v) is 16.7. The van der Waals surface area contributed by atoms with Crippen LogP contribution in [0.4, 0.5) is 5.82 Å².